The van der Waals surface area contributed by atoms with Gasteiger partial charge in [0.05, 0.1) is 18.7 Å². The van der Waals surface area contributed by atoms with E-state index in [1.165, 1.54) is 11.3 Å². The van der Waals surface area contributed by atoms with Crippen molar-refractivity contribution in [1.29, 1.82) is 0 Å². The van der Waals surface area contributed by atoms with Crippen molar-refractivity contribution in [2.24, 2.45) is 0 Å². The van der Waals surface area contributed by atoms with E-state index in [4.69, 9.17) is 4.74 Å². The summed E-state index contributed by atoms with van der Waals surface area (Å²) in [5.41, 5.74) is 2.52. The van der Waals surface area contributed by atoms with Crippen molar-refractivity contribution in [3.8, 4) is 5.75 Å². The first-order chi connectivity index (χ1) is 13.4. The largest absolute Gasteiger partial charge is 0.507 e. The maximum absolute atomic E-state index is 12.9. The van der Waals surface area contributed by atoms with Gasteiger partial charge in [-0.3, -0.25) is 9.59 Å². The molecule has 1 aliphatic heterocycles. The van der Waals surface area contributed by atoms with Crippen LogP contribution in [0.5, 0.6) is 5.75 Å². The molecule has 0 aliphatic carbocycles. The third-order valence-electron chi connectivity index (χ3n) is 5.11. The Hall–Kier alpha value is -2.60. The van der Waals surface area contributed by atoms with E-state index in [1.54, 1.807) is 30.2 Å². The molecule has 2 heterocycles. The second-order valence-electron chi connectivity index (χ2n) is 7.00. The number of hydrogen-bond donors (Lipinski definition) is 1. The number of ketones is 1. The number of rotatable bonds is 6. The van der Waals surface area contributed by atoms with E-state index < -0.39 is 17.7 Å². The second-order valence-corrected chi connectivity index (χ2v) is 7.95. The first-order valence-electron chi connectivity index (χ1n) is 9.38. The van der Waals surface area contributed by atoms with Gasteiger partial charge in [0.15, 0.2) is 0 Å². The lowest BCUT2D eigenvalue weighted by atomic mass is 9.97. The van der Waals surface area contributed by atoms with E-state index in [0.717, 1.165) is 28.8 Å². The summed E-state index contributed by atoms with van der Waals surface area (Å²) in [5.74, 6) is -0.607. The van der Waals surface area contributed by atoms with Gasteiger partial charge < -0.3 is 14.7 Å². The fourth-order valence-electron chi connectivity index (χ4n) is 3.56. The van der Waals surface area contributed by atoms with Crippen molar-refractivity contribution in [3.05, 3.63) is 56.8 Å². The van der Waals surface area contributed by atoms with Gasteiger partial charge in [-0.2, -0.15) is 0 Å². The molecule has 1 aromatic carbocycles. The van der Waals surface area contributed by atoms with Crippen LogP contribution in [-0.2, 0) is 9.59 Å². The van der Waals surface area contributed by atoms with Crippen molar-refractivity contribution >= 4 is 28.8 Å². The first kappa shape index (κ1) is 20.1. The molecule has 1 aliphatic rings. The molecule has 1 amide bonds. The summed E-state index contributed by atoms with van der Waals surface area (Å²) in [4.78, 5) is 28.2. The zero-order valence-electron chi connectivity index (χ0n) is 16.6. The van der Waals surface area contributed by atoms with Crippen LogP contribution in [0.1, 0.15) is 47.4 Å². The minimum Gasteiger partial charge on any atom is -0.507 e. The first-order valence-corrected chi connectivity index (χ1v) is 10.3. The average molecular weight is 400 g/mol. The van der Waals surface area contributed by atoms with E-state index in [2.05, 4.69) is 0 Å². The normalized spacial score (nSPS) is 18.7. The van der Waals surface area contributed by atoms with Crippen LogP contribution in [0.25, 0.3) is 5.76 Å². The quantitative estimate of drug-likeness (QED) is 0.438. The molecule has 0 bridgehead atoms. The Morgan fingerprint density at radius 3 is 2.54 bits per heavy atom. The van der Waals surface area contributed by atoms with Crippen LogP contribution < -0.4 is 4.74 Å². The third-order valence-corrected chi connectivity index (χ3v) is 6.18. The van der Waals surface area contributed by atoms with Crippen molar-refractivity contribution in [2.75, 3.05) is 13.7 Å². The zero-order valence-corrected chi connectivity index (χ0v) is 17.4. The van der Waals surface area contributed by atoms with Gasteiger partial charge >= 0.3 is 0 Å². The van der Waals surface area contributed by atoms with Crippen molar-refractivity contribution in [3.63, 3.8) is 0 Å². The van der Waals surface area contributed by atoms with Crippen LogP contribution in [0.3, 0.4) is 0 Å². The van der Waals surface area contributed by atoms with E-state index in [-0.39, 0.29) is 11.3 Å². The lowest BCUT2D eigenvalue weighted by Crippen LogP contribution is -2.30. The molecular weight excluding hydrogens is 374 g/mol. The van der Waals surface area contributed by atoms with E-state index in [9.17, 15) is 14.7 Å². The summed E-state index contributed by atoms with van der Waals surface area (Å²) in [7, 11) is 1.58. The van der Waals surface area contributed by atoms with Crippen LogP contribution in [-0.4, -0.2) is 35.4 Å². The Kier molecular flexibility index (Phi) is 5.89. The standard InChI is InChI=1S/C22H25NO4S/c1-5-6-10-23-18(21-13(2)9-11-28-21)17(20(25)22(23)26)19(24)15-7-8-16(27-4)14(3)12-15/h7-9,11-12,18,24H,5-6,10H2,1-4H3/b19-17-. The number of likely N-dealkylation sites (tertiary alicyclic amines) is 1. The van der Waals surface area contributed by atoms with Crippen LogP contribution in [0.4, 0.5) is 0 Å². The van der Waals surface area contributed by atoms with Crippen LogP contribution in [0, 0.1) is 13.8 Å². The minimum atomic E-state index is -0.625. The summed E-state index contributed by atoms with van der Waals surface area (Å²) in [5, 5.41) is 13.0. The molecule has 6 heteroatoms. The number of amides is 1. The molecule has 5 nitrogen and oxygen atoms in total. The summed E-state index contributed by atoms with van der Waals surface area (Å²) in [6.45, 7) is 6.36. The Bertz CT molecular complexity index is 944. The second kappa shape index (κ2) is 8.19. The molecular formula is C22H25NO4S. The molecule has 28 heavy (non-hydrogen) atoms. The molecule has 148 valence electrons. The van der Waals surface area contributed by atoms with Crippen molar-refractivity contribution in [1.82, 2.24) is 4.90 Å². The predicted octanol–water partition coefficient (Wildman–Crippen LogP) is 4.60. The monoisotopic (exact) mass is 399 g/mol. The number of thiophene rings is 1. The Morgan fingerprint density at radius 1 is 1.21 bits per heavy atom. The zero-order chi connectivity index (χ0) is 20.4. The molecule has 1 N–H and O–H groups in total. The number of unbranched alkanes of at least 4 members (excludes halogenated alkanes) is 1. The number of nitrogens with zero attached hydrogens (tertiary/aromatic N) is 1. The lowest BCUT2D eigenvalue weighted by Gasteiger charge is -2.24. The van der Waals surface area contributed by atoms with Crippen LogP contribution in [0.15, 0.2) is 35.2 Å². The topological polar surface area (TPSA) is 66.8 Å². The molecule has 1 saturated heterocycles. The molecule has 1 unspecified atom stereocenters. The highest BCUT2D eigenvalue weighted by Crippen LogP contribution is 2.42. The summed E-state index contributed by atoms with van der Waals surface area (Å²) < 4.78 is 5.28. The molecule has 0 spiro atoms. The number of Topliss-reactive ketones (excluding diaryl/α,β-unsaturated/α-hetero) is 1. The van der Waals surface area contributed by atoms with E-state index in [1.807, 2.05) is 32.2 Å². The number of ether oxygens (including phenoxy) is 1. The highest BCUT2D eigenvalue weighted by molar-refractivity contribution is 7.10. The number of carbonyl (C=O) groups excluding carboxylic acids is 2. The summed E-state index contributed by atoms with van der Waals surface area (Å²) in [6.07, 6.45) is 1.71. The third kappa shape index (κ3) is 3.44. The average Bonchev–Trinajstić information content (AvgIpc) is 3.20. The molecule has 3 rings (SSSR count). The molecule has 2 aromatic rings. The number of benzene rings is 1. The lowest BCUT2D eigenvalue weighted by molar-refractivity contribution is -0.139. The molecule has 0 radical (unpaired) electrons. The number of carbonyl (C=O) groups is 2. The molecule has 1 aromatic heterocycles. The summed E-state index contributed by atoms with van der Waals surface area (Å²) in [6, 6.07) is 6.65. The number of methoxy groups -OCH3 is 1. The fourth-order valence-corrected chi connectivity index (χ4v) is 4.60. The summed E-state index contributed by atoms with van der Waals surface area (Å²) >= 11 is 1.50. The number of aliphatic hydroxyl groups excluding tert-OH is 1. The number of aryl methyl sites for hydroxylation is 2. The van der Waals surface area contributed by atoms with Gasteiger partial charge in [-0.15, -0.1) is 11.3 Å². The molecule has 0 saturated carbocycles. The predicted molar refractivity (Wildman–Crippen MR) is 111 cm³/mol. The maximum Gasteiger partial charge on any atom is 0.295 e. The van der Waals surface area contributed by atoms with Gasteiger partial charge in [-0.05, 0) is 61.0 Å². The van der Waals surface area contributed by atoms with Gasteiger partial charge in [-0.25, -0.2) is 0 Å². The SMILES string of the molecule is CCCCN1C(=O)C(=O)/C(=C(\O)c2ccc(OC)c(C)c2)C1c1sccc1C. The molecule has 1 atom stereocenters. The van der Waals surface area contributed by atoms with Gasteiger partial charge in [0, 0.05) is 17.0 Å². The van der Waals surface area contributed by atoms with Gasteiger partial charge in [-0.1, -0.05) is 13.3 Å². The van der Waals surface area contributed by atoms with E-state index >= 15 is 0 Å². The maximum atomic E-state index is 12.9. The van der Waals surface area contributed by atoms with Gasteiger partial charge in [0.1, 0.15) is 11.5 Å². The smallest absolute Gasteiger partial charge is 0.295 e. The van der Waals surface area contributed by atoms with Crippen molar-refractivity contribution < 1.29 is 19.4 Å². The number of hydrogen-bond acceptors (Lipinski definition) is 5. The minimum absolute atomic E-state index is 0.138. The molecule has 1 fully saturated rings. The van der Waals surface area contributed by atoms with Crippen LogP contribution >= 0.6 is 11.3 Å². The highest BCUT2D eigenvalue weighted by Gasteiger charge is 2.46. The Balaban J connectivity index is 2.16. The van der Waals surface area contributed by atoms with E-state index in [0.29, 0.717) is 17.9 Å². The van der Waals surface area contributed by atoms with Crippen molar-refractivity contribution in [2.45, 2.75) is 39.7 Å². The van der Waals surface area contributed by atoms with Gasteiger partial charge in [0.2, 0.25) is 0 Å². The number of aliphatic hydroxyl groups is 1. The van der Waals surface area contributed by atoms with Gasteiger partial charge in [0.25, 0.3) is 11.7 Å². The Labute approximate surface area is 169 Å². The highest BCUT2D eigenvalue weighted by atomic mass is 32.1. The Morgan fingerprint density at radius 2 is 1.96 bits per heavy atom. The fraction of sp³-hybridized carbons (Fsp3) is 0.364. The van der Waals surface area contributed by atoms with Crippen LogP contribution in [0.2, 0.25) is 0 Å².